The van der Waals surface area contributed by atoms with E-state index in [1.165, 1.54) is 0 Å². The van der Waals surface area contributed by atoms with E-state index in [0.717, 1.165) is 21.9 Å². The Balaban J connectivity index is 1.65. The van der Waals surface area contributed by atoms with Crippen molar-refractivity contribution in [3.63, 3.8) is 0 Å². The summed E-state index contributed by atoms with van der Waals surface area (Å²) in [7, 11) is 0. The van der Waals surface area contributed by atoms with Crippen LogP contribution in [0.4, 0.5) is 5.95 Å². The fourth-order valence-corrected chi connectivity index (χ4v) is 2.97. The number of anilines is 1. The van der Waals surface area contributed by atoms with Crippen molar-refractivity contribution in [2.45, 2.75) is 25.5 Å². The number of fused-ring (bicyclic) bond motifs is 1. The van der Waals surface area contributed by atoms with E-state index >= 15 is 0 Å². The minimum atomic E-state index is -0.429. The second kappa shape index (κ2) is 5.64. The molecule has 2 atom stereocenters. The topological polar surface area (TPSA) is 60.9 Å². The van der Waals surface area contributed by atoms with E-state index in [1.54, 1.807) is 11.3 Å². The zero-order chi connectivity index (χ0) is 13.9. The fraction of sp³-hybridized carbons (Fsp3) is 0.267. The van der Waals surface area contributed by atoms with Gasteiger partial charge in [-0.25, -0.2) is 4.98 Å². The second-order valence-electron chi connectivity index (χ2n) is 4.91. The molecule has 2 heterocycles. The number of aromatic nitrogens is 2. The number of thiophene rings is 1. The first-order chi connectivity index (χ1) is 9.72. The highest BCUT2D eigenvalue weighted by molar-refractivity contribution is 7.10. The van der Waals surface area contributed by atoms with Crippen molar-refractivity contribution in [3.8, 4) is 0 Å². The summed E-state index contributed by atoms with van der Waals surface area (Å²) in [6.45, 7) is 2.05. The number of benzene rings is 1. The molecule has 3 aromatic rings. The van der Waals surface area contributed by atoms with Crippen LogP contribution in [0.1, 0.15) is 24.3 Å². The monoisotopic (exact) mass is 287 g/mol. The average molecular weight is 287 g/mol. The van der Waals surface area contributed by atoms with Gasteiger partial charge in [-0.05, 0) is 36.9 Å². The summed E-state index contributed by atoms with van der Waals surface area (Å²) in [5.41, 5.74) is 1.96. The molecule has 0 aliphatic carbocycles. The molecule has 0 spiro atoms. The molecule has 2 aromatic heterocycles. The molecule has 0 amide bonds. The summed E-state index contributed by atoms with van der Waals surface area (Å²) in [5.74, 6) is 0.747. The van der Waals surface area contributed by atoms with Gasteiger partial charge in [-0.2, -0.15) is 0 Å². The van der Waals surface area contributed by atoms with Gasteiger partial charge < -0.3 is 15.4 Å². The van der Waals surface area contributed by atoms with Crippen LogP contribution in [0.25, 0.3) is 11.0 Å². The van der Waals surface area contributed by atoms with Gasteiger partial charge in [-0.1, -0.05) is 18.2 Å². The molecule has 4 nitrogen and oxygen atoms in total. The summed E-state index contributed by atoms with van der Waals surface area (Å²) < 4.78 is 0. The number of aliphatic hydroxyl groups excluding tert-OH is 1. The summed E-state index contributed by atoms with van der Waals surface area (Å²) >= 11 is 1.58. The first-order valence-electron chi connectivity index (χ1n) is 6.65. The first kappa shape index (κ1) is 13.1. The zero-order valence-corrected chi connectivity index (χ0v) is 12.0. The molecule has 2 unspecified atom stereocenters. The molecule has 0 saturated heterocycles. The lowest BCUT2D eigenvalue weighted by Crippen LogP contribution is -2.19. The molecule has 0 radical (unpaired) electrons. The van der Waals surface area contributed by atoms with Crippen molar-refractivity contribution in [1.29, 1.82) is 0 Å². The van der Waals surface area contributed by atoms with E-state index in [4.69, 9.17) is 0 Å². The number of imidazole rings is 1. The van der Waals surface area contributed by atoms with Crippen molar-refractivity contribution in [2.75, 3.05) is 5.32 Å². The van der Waals surface area contributed by atoms with Gasteiger partial charge in [0.25, 0.3) is 0 Å². The van der Waals surface area contributed by atoms with E-state index < -0.39 is 6.10 Å². The first-order valence-corrected chi connectivity index (χ1v) is 7.53. The van der Waals surface area contributed by atoms with Crippen LogP contribution < -0.4 is 5.32 Å². The van der Waals surface area contributed by atoms with Crippen LogP contribution in [0.2, 0.25) is 0 Å². The smallest absolute Gasteiger partial charge is 0.201 e. The Labute approximate surface area is 121 Å². The minimum Gasteiger partial charge on any atom is -0.387 e. The number of H-pyrrole nitrogens is 1. The Bertz CT molecular complexity index is 644. The molecule has 104 valence electrons. The summed E-state index contributed by atoms with van der Waals surface area (Å²) in [5, 5.41) is 15.4. The highest BCUT2D eigenvalue weighted by atomic mass is 32.1. The molecule has 3 N–H and O–H groups in total. The van der Waals surface area contributed by atoms with Gasteiger partial charge in [0.1, 0.15) is 0 Å². The lowest BCUT2D eigenvalue weighted by Gasteiger charge is -2.16. The minimum absolute atomic E-state index is 0.132. The Morgan fingerprint density at radius 2 is 2.15 bits per heavy atom. The van der Waals surface area contributed by atoms with Crippen molar-refractivity contribution >= 4 is 28.3 Å². The molecule has 5 heteroatoms. The number of nitrogens with zero attached hydrogens (tertiary/aromatic N) is 1. The zero-order valence-electron chi connectivity index (χ0n) is 11.2. The highest BCUT2D eigenvalue weighted by Gasteiger charge is 2.14. The molecule has 20 heavy (non-hydrogen) atoms. The Hall–Kier alpha value is -1.85. The van der Waals surface area contributed by atoms with Crippen LogP contribution in [0.3, 0.4) is 0 Å². The predicted molar refractivity (Wildman–Crippen MR) is 83.1 cm³/mol. The molecule has 0 aliphatic heterocycles. The lowest BCUT2D eigenvalue weighted by molar-refractivity contribution is 0.166. The molecule has 0 fully saturated rings. The molecular weight excluding hydrogens is 270 g/mol. The van der Waals surface area contributed by atoms with Crippen LogP contribution in [-0.2, 0) is 0 Å². The number of hydrogen-bond donors (Lipinski definition) is 3. The summed E-state index contributed by atoms with van der Waals surface area (Å²) in [6, 6.07) is 12.0. The third kappa shape index (κ3) is 2.84. The lowest BCUT2D eigenvalue weighted by atomic mass is 10.1. The van der Waals surface area contributed by atoms with Gasteiger partial charge in [0, 0.05) is 10.9 Å². The van der Waals surface area contributed by atoms with Gasteiger partial charge >= 0.3 is 0 Å². The van der Waals surface area contributed by atoms with E-state index in [0.29, 0.717) is 6.42 Å². The SMILES string of the molecule is CC(CC(O)c1cccs1)Nc1nc2ccccc2[nH]1. The van der Waals surface area contributed by atoms with Gasteiger partial charge in [-0.15, -0.1) is 11.3 Å². The van der Waals surface area contributed by atoms with Gasteiger partial charge in [0.05, 0.1) is 17.1 Å². The number of aliphatic hydroxyl groups is 1. The summed E-state index contributed by atoms with van der Waals surface area (Å²) in [4.78, 5) is 8.71. The van der Waals surface area contributed by atoms with Crippen LogP contribution in [0.5, 0.6) is 0 Å². The fourth-order valence-electron chi connectivity index (χ4n) is 2.25. The molecule has 1 aromatic carbocycles. The quantitative estimate of drug-likeness (QED) is 0.672. The van der Waals surface area contributed by atoms with Gasteiger partial charge in [0.2, 0.25) is 5.95 Å². The largest absolute Gasteiger partial charge is 0.387 e. The normalized spacial score (nSPS) is 14.3. The van der Waals surface area contributed by atoms with Crippen molar-refractivity contribution in [3.05, 3.63) is 46.7 Å². The number of rotatable bonds is 5. The average Bonchev–Trinajstić information content (AvgIpc) is 3.07. The molecule has 0 aliphatic rings. The maximum Gasteiger partial charge on any atom is 0.201 e. The van der Waals surface area contributed by atoms with E-state index in [1.807, 2.05) is 48.7 Å². The van der Waals surface area contributed by atoms with Crippen LogP contribution >= 0.6 is 11.3 Å². The van der Waals surface area contributed by atoms with Gasteiger partial charge in [0.15, 0.2) is 0 Å². The second-order valence-corrected chi connectivity index (χ2v) is 5.89. The maximum atomic E-state index is 10.1. The number of para-hydroxylation sites is 2. The van der Waals surface area contributed by atoms with E-state index in [2.05, 4.69) is 15.3 Å². The molecule has 3 rings (SSSR count). The van der Waals surface area contributed by atoms with Crippen LogP contribution in [0.15, 0.2) is 41.8 Å². The summed E-state index contributed by atoms with van der Waals surface area (Å²) in [6.07, 6.45) is 0.222. The van der Waals surface area contributed by atoms with Crippen molar-refractivity contribution in [1.82, 2.24) is 9.97 Å². The third-order valence-corrected chi connectivity index (χ3v) is 4.19. The highest BCUT2D eigenvalue weighted by Crippen LogP contribution is 2.24. The molecule has 0 bridgehead atoms. The van der Waals surface area contributed by atoms with E-state index in [9.17, 15) is 5.11 Å². The van der Waals surface area contributed by atoms with Crippen molar-refractivity contribution < 1.29 is 5.11 Å². The van der Waals surface area contributed by atoms with Crippen molar-refractivity contribution in [2.24, 2.45) is 0 Å². The Morgan fingerprint density at radius 1 is 1.30 bits per heavy atom. The number of hydrogen-bond acceptors (Lipinski definition) is 4. The Kier molecular flexibility index (Phi) is 3.71. The van der Waals surface area contributed by atoms with E-state index in [-0.39, 0.29) is 6.04 Å². The predicted octanol–water partition coefficient (Wildman–Crippen LogP) is 3.55. The van der Waals surface area contributed by atoms with Crippen LogP contribution in [-0.4, -0.2) is 21.1 Å². The van der Waals surface area contributed by atoms with Crippen LogP contribution in [0, 0.1) is 0 Å². The third-order valence-electron chi connectivity index (χ3n) is 3.22. The number of nitrogens with one attached hydrogen (secondary N) is 2. The van der Waals surface area contributed by atoms with Gasteiger partial charge in [-0.3, -0.25) is 0 Å². The number of aromatic amines is 1. The standard InChI is InChI=1S/C15H17N3OS/c1-10(9-13(19)14-7-4-8-20-14)16-15-17-11-5-2-3-6-12(11)18-15/h2-8,10,13,19H,9H2,1H3,(H2,16,17,18). The maximum absolute atomic E-state index is 10.1. The molecular formula is C15H17N3OS. The molecule has 0 saturated carbocycles. The Morgan fingerprint density at radius 3 is 2.90 bits per heavy atom.